The molecule has 5 nitrogen and oxygen atoms in total. The van der Waals surface area contributed by atoms with Crippen LogP contribution in [0.15, 0.2) is 12.3 Å². The quantitative estimate of drug-likeness (QED) is 0.726. The van der Waals surface area contributed by atoms with E-state index in [1.165, 1.54) is 0 Å². The molecule has 0 fully saturated rings. The summed E-state index contributed by atoms with van der Waals surface area (Å²) in [4.78, 5) is 4.26. The third-order valence-electron chi connectivity index (χ3n) is 1.63. The Hall–Kier alpha value is -1.27. The number of H-pyrrole nitrogens is 1. The lowest BCUT2D eigenvalue weighted by molar-refractivity contribution is 0.181. The zero-order chi connectivity index (χ0) is 9.26. The lowest BCUT2D eigenvalue weighted by Gasteiger charge is -1.98. The van der Waals surface area contributed by atoms with Crippen molar-refractivity contribution in [3.05, 3.63) is 22.6 Å². The molecule has 2 aromatic rings. The number of rotatable bonds is 2. The second-order valence-corrected chi connectivity index (χ2v) is 2.99. The summed E-state index contributed by atoms with van der Waals surface area (Å²) in [6, 6.07) is 1.78. The fourth-order valence-electron chi connectivity index (χ4n) is 1.10. The zero-order valence-corrected chi connectivity index (χ0v) is 7.84. The first-order valence-corrected chi connectivity index (χ1v) is 4.13. The molecule has 0 spiro atoms. The molecule has 68 valence electrons. The molecule has 0 saturated heterocycles. The Bertz CT molecular complexity index is 475. The number of aromatic nitrogens is 4. The van der Waals surface area contributed by atoms with Gasteiger partial charge in [-0.15, -0.1) is 0 Å². The number of ether oxygens (including phenoxy) is 1. The Morgan fingerprint density at radius 3 is 3.31 bits per heavy atom. The minimum absolute atomic E-state index is 0.464. The van der Waals surface area contributed by atoms with E-state index in [2.05, 4.69) is 15.3 Å². The van der Waals surface area contributed by atoms with E-state index in [0.29, 0.717) is 16.9 Å². The molecule has 13 heavy (non-hydrogen) atoms. The average molecular weight is 196 g/mol. The summed E-state index contributed by atoms with van der Waals surface area (Å²) in [5, 5.41) is 6.55. The van der Waals surface area contributed by atoms with Crippen LogP contribution in [0.4, 0.5) is 0 Å². The van der Waals surface area contributed by atoms with Crippen LogP contribution in [-0.4, -0.2) is 26.9 Å². The minimum atomic E-state index is 0.464. The highest BCUT2D eigenvalue weighted by molar-refractivity contribution is 7.71. The van der Waals surface area contributed by atoms with E-state index in [0.717, 1.165) is 5.69 Å². The molecule has 0 radical (unpaired) electrons. The van der Waals surface area contributed by atoms with Crippen LogP contribution in [0.1, 0.15) is 5.69 Å². The maximum Gasteiger partial charge on any atom is 0.175 e. The van der Waals surface area contributed by atoms with Gasteiger partial charge in [0.05, 0.1) is 18.5 Å². The highest BCUT2D eigenvalue weighted by Crippen LogP contribution is 2.02. The number of fused-ring (bicyclic) bond motifs is 1. The van der Waals surface area contributed by atoms with Gasteiger partial charge in [0, 0.05) is 7.11 Å². The molecule has 2 heterocycles. The van der Waals surface area contributed by atoms with Crippen LogP contribution in [0.2, 0.25) is 0 Å². The molecular formula is C7H8N4OS. The number of nitrogens with one attached hydrogen (secondary N) is 1. The molecule has 0 unspecified atom stereocenters. The third kappa shape index (κ3) is 1.45. The first kappa shape index (κ1) is 8.33. The normalized spacial score (nSPS) is 10.8. The van der Waals surface area contributed by atoms with Crippen molar-refractivity contribution in [3.63, 3.8) is 0 Å². The van der Waals surface area contributed by atoms with E-state index in [1.807, 2.05) is 0 Å². The van der Waals surface area contributed by atoms with Crippen molar-refractivity contribution in [2.24, 2.45) is 0 Å². The fraction of sp³-hybridized carbons (Fsp3) is 0.286. The van der Waals surface area contributed by atoms with E-state index >= 15 is 0 Å². The van der Waals surface area contributed by atoms with Crippen molar-refractivity contribution in [3.8, 4) is 0 Å². The van der Waals surface area contributed by atoms with Gasteiger partial charge in [0.1, 0.15) is 4.64 Å². The van der Waals surface area contributed by atoms with Gasteiger partial charge in [-0.25, -0.2) is 14.7 Å². The van der Waals surface area contributed by atoms with E-state index in [9.17, 15) is 0 Å². The van der Waals surface area contributed by atoms with Crippen LogP contribution in [0.3, 0.4) is 0 Å². The van der Waals surface area contributed by atoms with Crippen molar-refractivity contribution in [2.45, 2.75) is 6.61 Å². The third-order valence-corrected chi connectivity index (χ3v) is 1.93. The molecular weight excluding hydrogens is 188 g/mol. The summed E-state index contributed by atoms with van der Waals surface area (Å²) < 4.78 is 7.24. The minimum Gasteiger partial charge on any atom is -0.378 e. The molecule has 0 atom stereocenters. The lowest BCUT2D eigenvalue weighted by atomic mass is 10.4. The summed E-state index contributed by atoms with van der Waals surface area (Å²) in [6.07, 6.45) is 1.62. The van der Waals surface area contributed by atoms with Gasteiger partial charge in [-0.05, 0) is 6.07 Å². The number of aromatic amines is 1. The average Bonchev–Trinajstić information content (AvgIpc) is 2.53. The molecule has 1 N–H and O–H groups in total. The van der Waals surface area contributed by atoms with Crippen molar-refractivity contribution in [2.75, 3.05) is 7.11 Å². The topological polar surface area (TPSA) is 55.2 Å². The molecule has 2 rings (SSSR count). The maximum atomic E-state index is 5.11. The van der Waals surface area contributed by atoms with Gasteiger partial charge in [-0.1, -0.05) is 12.2 Å². The van der Waals surface area contributed by atoms with Gasteiger partial charge in [0.25, 0.3) is 0 Å². The summed E-state index contributed by atoms with van der Waals surface area (Å²) in [5.74, 6) is 0. The van der Waals surface area contributed by atoms with E-state index < -0.39 is 0 Å². The predicted octanol–water partition coefficient (Wildman–Crippen LogP) is 0.933. The Labute approximate surface area is 79.3 Å². The molecule has 0 aliphatic carbocycles. The fourth-order valence-corrected chi connectivity index (χ4v) is 1.37. The Morgan fingerprint density at radius 1 is 1.69 bits per heavy atom. The van der Waals surface area contributed by atoms with Crippen LogP contribution < -0.4 is 0 Å². The summed E-state index contributed by atoms with van der Waals surface area (Å²) >= 11 is 5.11. The Balaban J connectivity index is 2.63. The molecule has 0 aliphatic rings. The second-order valence-electron chi connectivity index (χ2n) is 2.57. The SMILES string of the molecule is COCc1cc(=S)n2[nH]ncc2n1. The van der Waals surface area contributed by atoms with Crippen LogP contribution in [-0.2, 0) is 11.3 Å². The van der Waals surface area contributed by atoms with Gasteiger partial charge in [-0.3, -0.25) is 0 Å². The Morgan fingerprint density at radius 2 is 2.54 bits per heavy atom. The van der Waals surface area contributed by atoms with Crippen LogP contribution >= 0.6 is 12.2 Å². The molecule has 0 saturated carbocycles. The van der Waals surface area contributed by atoms with E-state index in [-0.39, 0.29) is 0 Å². The predicted molar refractivity (Wildman–Crippen MR) is 48.9 cm³/mol. The number of methoxy groups -OCH3 is 1. The molecule has 0 bridgehead atoms. The first-order chi connectivity index (χ1) is 6.31. The zero-order valence-electron chi connectivity index (χ0n) is 7.02. The van der Waals surface area contributed by atoms with Crippen LogP contribution in [0, 0.1) is 4.64 Å². The largest absolute Gasteiger partial charge is 0.378 e. The number of hydrogen-bond acceptors (Lipinski definition) is 4. The van der Waals surface area contributed by atoms with Crippen molar-refractivity contribution in [1.29, 1.82) is 0 Å². The van der Waals surface area contributed by atoms with Crippen molar-refractivity contribution < 1.29 is 4.74 Å². The van der Waals surface area contributed by atoms with E-state index in [1.54, 1.807) is 23.9 Å². The van der Waals surface area contributed by atoms with Gasteiger partial charge in [-0.2, -0.15) is 5.10 Å². The highest BCUT2D eigenvalue weighted by atomic mass is 32.1. The van der Waals surface area contributed by atoms with E-state index in [4.69, 9.17) is 17.0 Å². The first-order valence-electron chi connectivity index (χ1n) is 3.72. The van der Waals surface area contributed by atoms with Crippen LogP contribution in [0.25, 0.3) is 5.65 Å². The lowest BCUT2D eigenvalue weighted by Crippen LogP contribution is -1.98. The Kier molecular flexibility index (Phi) is 2.07. The van der Waals surface area contributed by atoms with Gasteiger partial charge in [0.15, 0.2) is 5.65 Å². The number of hydrogen-bond donors (Lipinski definition) is 1. The summed E-state index contributed by atoms with van der Waals surface area (Å²) in [7, 11) is 1.62. The highest BCUT2D eigenvalue weighted by Gasteiger charge is 1.99. The molecule has 2 aromatic heterocycles. The monoisotopic (exact) mass is 196 g/mol. The second kappa shape index (κ2) is 3.23. The molecule has 6 heteroatoms. The van der Waals surface area contributed by atoms with Crippen molar-refractivity contribution >= 4 is 17.9 Å². The summed E-state index contributed by atoms with van der Waals surface area (Å²) in [6.45, 7) is 0.464. The molecule has 0 aliphatic heterocycles. The molecule has 0 aromatic carbocycles. The standard InChI is InChI=1S/C7H8N4OS/c1-12-4-5-2-7(13)11-6(9-5)3-8-10-11/h2-3,10H,4H2,1H3. The molecule has 0 amide bonds. The van der Waals surface area contributed by atoms with Gasteiger partial charge in [0.2, 0.25) is 0 Å². The van der Waals surface area contributed by atoms with Crippen molar-refractivity contribution in [1.82, 2.24) is 19.8 Å². The smallest absolute Gasteiger partial charge is 0.175 e. The van der Waals surface area contributed by atoms with Gasteiger partial charge >= 0.3 is 0 Å². The van der Waals surface area contributed by atoms with Crippen LogP contribution in [0.5, 0.6) is 0 Å². The number of nitrogens with zero attached hydrogens (tertiary/aromatic N) is 3. The summed E-state index contributed by atoms with van der Waals surface area (Å²) in [5.41, 5.74) is 1.52. The maximum absolute atomic E-state index is 5.11. The van der Waals surface area contributed by atoms with Gasteiger partial charge < -0.3 is 4.74 Å².